The Bertz CT molecular complexity index is 1400. The summed E-state index contributed by atoms with van der Waals surface area (Å²) in [6, 6.07) is 18.6. The number of carbonyl (C=O) groups is 2. The van der Waals surface area contributed by atoms with Gasteiger partial charge < -0.3 is 25.1 Å². The highest BCUT2D eigenvalue weighted by molar-refractivity contribution is 6.02. The van der Waals surface area contributed by atoms with Gasteiger partial charge in [-0.2, -0.15) is 5.48 Å². The van der Waals surface area contributed by atoms with Crippen molar-refractivity contribution in [1.29, 1.82) is 0 Å². The Hall–Kier alpha value is -4.30. The Labute approximate surface area is 242 Å². The molecule has 8 heteroatoms. The Balaban J connectivity index is 1.54. The minimum atomic E-state index is -0.371. The Kier molecular flexibility index (Phi) is 10.0. The van der Waals surface area contributed by atoms with E-state index < -0.39 is 0 Å². The van der Waals surface area contributed by atoms with Crippen LogP contribution in [-0.2, 0) is 0 Å². The van der Waals surface area contributed by atoms with Gasteiger partial charge in [0.25, 0.3) is 5.91 Å². The van der Waals surface area contributed by atoms with Crippen molar-refractivity contribution in [1.82, 2.24) is 15.7 Å². The summed E-state index contributed by atoms with van der Waals surface area (Å²) in [5.74, 6) is 0.317. The van der Waals surface area contributed by atoms with Crippen molar-refractivity contribution in [2.24, 2.45) is 0 Å². The minimum absolute atomic E-state index is 0.106. The number of urea groups is 1. The zero-order valence-corrected chi connectivity index (χ0v) is 24.5. The molecule has 0 unspecified atom stereocenters. The number of nitrogens with zero attached hydrogens (tertiary/aromatic N) is 1. The zero-order chi connectivity index (χ0) is 29.4. The van der Waals surface area contributed by atoms with Crippen LogP contribution in [0.5, 0.6) is 11.5 Å². The predicted molar refractivity (Wildman–Crippen MR) is 164 cm³/mol. The number of methoxy groups -OCH3 is 1. The van der Waals surface area contributed by atoms with Gasteiger partial charge in [-0.15, -0.1) is 0 Å². The van der Waals surface area contributed by atoms with Crippen molar-refractivity contribution in [3.63, 3.8) is 0 Å². The van der Waals surface area contributed by atoms with Crippen molar-refractivity contribution in [2.45, 2.75) is 46.1 Å². The quantitative estimate of drug-likeness (QED) is 0.251. The first kappa shape index (κ1) is 29.7. The number of nitrogens with one attached hydrogen (secondary N) is 3. The molecule has 0 aromatic heterocycles. The second kappa shape index (κ2) is 13.9. The molecule has 3 N–H and O–H groups in total. The van der Waals surface area contributed by atoms with Crippen molar-refractivity contribution in [2.75, 3.05) is 32.6 Å². The largest absolute Gasteiger partial charge is 0.493 e. The molecular weight excluding hydrogens is 516 g/mol. The van der Waals surface area contributed by atoms with Gasteiger partial charge in [0.15, 0.2) is 11.5 Å². The molecule has 4 rings (SSSR count). The standard InChI is InChI=1S/C33H40N4O4/c1-6-25(7-2)34-33(39)35-26-13-16-29(30(21-26)40-5)41-36-32(38)28-15-14-27(23-17-19-37(4)20-18-23)22(3)31(28)24-11-9-8-10-12-24/h8-17,21,25H,6-7,18-20H2,1-5H3,(H,36,38)(H2,34,35,39). The molecule has 3 aromatic rings. The normalized spacial score (nSPS) is 13.4. The molecule has 8 nitrogen and oxygen atoms in total. The van der Waals surface area contributed by atoms with Crippen molar-refractivity contribution < 1.29 is 19.2 Å². The van der Waals surface area contributed by atoms with Crippen LogP contribution in [0.4, 0.5) is 10.5 Å². The number of rotatable bonds is 10. The topological polar surface area (TPSA) is 91.9 Å². The van der Waals surface area contributed by atoms with Crippen LogP contribution < -0.4 is 25.7 Å². The Morgan fingerprint density at radius 1 is 1.00 bits per heavy atom. The highest BCUT2D eigenvalue weighted by Crippen LogP contribution is 2.35. The zero-order valence-electron chi connectivity index (χ0n) is 24.5. The van der Waals surface area contributed by atoms with E-state index in [1.54, 1.807) is 18.2 Å². The lowest BCUT2D eigenvalue weighted by Gasteiger charge is -2.24. The second-order valence-electron chi connectivity index (χ2n) is 10.3. The van der Waals surface area contributed by atoms with E-state index in [0.29, 0.717) is 22.7 Å². The van der Waals surface area contributed by atoms with Gasteiger partial charge in [0.2, 0.25) is 0 Å². The number of hydrogen-bond donors (Lipinski definition) is 3. The lowest BCUT2D eigenvalue weighted by atomic mass is 9.87. The van der Waals surface area contributed by atoms with E-state index in [1.807, 2.05) is 56.3 Å². The second-order valence-corrected chi connectivity index (χ2v) is 10.3. The predicted octanol–water partition coefficient (Wildman–Crippen LogP) is 6.42. The van der Waals surface area contributed by atoms with E-state index in [0.717, 1.165) is 54.6 Å². The molecule has 1 heterocycles. The fraction of sp³-hybridized carbons (Fsp3) is 0.333. The number of amides is 3. The van der Waals surface area contributed by atoms with Crippen LogP contribution >= 0.6 is 0 Å². The van der Waals surface area contributed by atoms with Gasteiger partial charge in [0.1, 0.15) is 0 Å². The van der Waals surface area contributed by atoms with Crippen LogP contribution in [0.2, 0.25) is 0 Å². The SMILES string of the molecule is CCC(CC)NC(=O)Nc1ccc(ONC(=O)c2ccc(C3=CCN(C)CC3)c(C)c2-c2ccccc2)c(OC)c1. The fourth-order valence-corrected chi connectivity index (χ4v) is 5.07. The Morgan fingerprint density at radius 3 is 2.41 bits per heavy atom. The van der Waals surface area contributed by atoms with Gasteiger partial charge in [-0.1, -0.05) is 56.3 Å². The molecule has 0 bridgehead atoms. The third-order valence-electron chi connectivity index (χ3n) is 7.53. The van der Waals surface area contributed by atoms with Crippen molar-refractivity contribution >= 4 is 23.2 Å². The molecule has 0 radical (unpaired) electrons. The van der Waals surface area contributed by atoms with Crippen LogP contribution in [0.25, 0.3) is 16.7 Å². The number of hydrogen-bond acceptors (Lipinski definition) is 5. The monoisotopic (exact) mass is 556 g/mol. The average Bonchev–Trinajstić information content (AvgIpc) is 2.99. The first-order valence-corrected chi connectivity index (χ1v) is 14.1. The van der Waals surface area contributed by atoms with Crippen molar-refractivity contribution in [3.8, 4) is 22.6 Å². The summed E-state index contributed by atoms with van der Waals surface area (Å²) in [6.07, 6.45) is 4.93. The highest BCUT2D eigenvalue weighted by atomic mass is 16.7. The molecule has 3 aromatic carbocycles. The molecule has 0 saturated carbocycles. The van der Waals surface area contributed by atoms with Gasteiger partial charge in [-0.25, -0.2) is 4.79 Å². The minimum Gasteiger partial charge on any atom is -0.493 e. The summed E-state index contributed by atoms with van der Waals surface area (Å²) >= 11 is 0. The Morgan fingerprint density at radius 2 is 1.76 bits per heavy atom. The summed E-state index contributed by atoms with van der Waals surface area (Å²) in [4.78, 5) is 33.9. The molecule has 3 amide bonds. The highest BCUT2D eigenvalue weighted by Gasteiger charge is 2.21. The molecule has 0 aliphatic carbocycles. The molecule has 0 saturated heterocycles. The molecule has 216 valence electrons. The number of likely N-dealkylation sites (N-methyl/N-ethyl adjacent to an activating group) is 1. The number of anilines is 1. The van der Waals surface area contributed by atoms with Crippen molar-refractivity contribution in [3.05, 3.63) is 83.4 Å². The lowest BCUT2D eigenvalue weighted by molar-refractivity contribution is 0.0755. The molecule has 1 aliphatic rings. The van der Waals surface area contributed by atoms with E-state index in [2.05, 4.69) is 41.1 Å². The number of benzene rings is 3. The summed E-state index contributed by atoms with van der Waals surface area (Å²) < 4.78 is 5.47. The lowest BCUT2D eigenvalue weighted by Crippen LogP contribution is -2.37. The van der Waals surface area contributed by atoms with Crippen LogP contribution in [-0.4, -0.2) is 50.1 Å². The summed E-state index contributed by atoms with van der Waals surface area (Å²) in [5.41, 5.74) is 9.01. The molecular formula is C33H40N4O4. The molecule has 1 aliphatic heterocycles. The summed E-state index contributed by atoms with van der Waals surface area (Å²) in [6.45, 7) is 8.04. The van der Waals surface area contributed by atoms with Crippen LogP contribution in [0, 0.1) is 6.92 Å². The number of carbonyl (C=O) groups excluding carboxylic acids is 2. The molecule has 41 heavy (non-hydrogen) atoms. The average molecular weight is 557 g/mol. The maximum absolute atomic E-state index is 13.5. The molecule has 0 fully saturated rings. The van der Waals surface area contributed by atoms with Crippen LogP contribution in [0.15, 0.2) is 66.7 Å². The summed E-state index contributed by atoms with van der Waals surface area (Å²) in [7, 11) is 3.62. The van der Waals surface area contributed by atoms with Gasteiger partial charge in [0.05, 0.1) is 12.7 Å². The third kappa shape index (κ3) is 7.27. The number of ether oxygens (including phenoxy) is 1. The van der Waals surface area contributed by atoms with E-state index >= 15 is 0 Å². The van der Waals surface area contributed by atoms with E-state index in [-0.39, 0.29) is 18.0 Å². The van der Waals surface area contributed by atoms with Gasteiger partial charge in [0, 0.05) is 30.9 Å². The first-order valence-electron chi connectivity index (χ1n) is 14.1. The molecule has 0 spiro atoms. The van der Waals surface area contributed by atoms with Gasteiger partial charge in [-0.3, -0.25) is 4.79 Å². The first-order chi connectivity index (χ1) is 19.8. The van der Waals surface area contributed by atoms with E-state index in [9.17, 15) is 9.59 Å². The van der Waals surface area contributed by atoms with Crippen LogP contribution in [0.1, 0.15) is 54.6 Å². The third-order valence-corrected chi connectivity index (χ3v) is 7.53. The smallest absolute Gasteiger partial charge is 0.319 e. The number of hydroxylamine groups is 1. The van der Waals surface area contributed by atoms with Gasteiger partial charge in [-0.05, 0) is 79.3 Å². The fourth-order valence-electron chi connectivity index (χ4n) is 5.07. The van der Waals surface area contributed by atoms with Gasteiger partial charge >= 0.3 is 6.03 Å². The van der Waals surface area contributed by atoms with E-state index in [4.69, 9.17) is 9.57 Å². The molecule has 0 atom stereocenters. The van der Waals surface area contributed by atoms with Crippen LogP contribution in [0.3, 0.4) is 0 Å². The van der Waals surface area contributed by atoms with E-state index in [1.165, 1.54) is 12.7 Å². The maximum atomic E-state index is 13.5. The maximum Gasteiger partial charge on any atom is 0.319 e. The summed E-state index contributed by atoms with van der Waals surface area (Å²) in [5, 5.41) is 5.76.